The first kappa shape index (κ1) is 14.3. The molecule has 1 saturated carbocycles. The maximum absolute atomic E-state index is 9.66. The maximum Gasteiger partial charge on any atom is 0.128 e. The Hall–Kier alpha value is -1.09. The SMILES string of the molecule is C[C@H](O)c1ccnc(N(C)C2CCC(C)(C)CC2)c1. The van der Waals surface area contributed by atoms with Gasteiger partial charge in [0.1, 0.15) is 5.82 Å². The summed E-state index contributed by atoms with van der Waals surface area (Å²) >= 11 is 0. The predicted molar refractivity (Wildman–Crippen MR) is 79.3 cm³/mol. The number of aromatic nitrogens is 1. The standard InChI is InChI=1S/C16H26N2O/c1-12(19)13-7-10-17-15(11-13)18(4)14-5-8-16(2,3)9-6-14/h7,10-12,14,19H,5-6,8-9H2,1-4H3/t12-/m0/s1. The molecule has 1 fully saturated rings. The van der Waals surface area contributed by atoms with Crippen LogP contribution in [-0.4, -0.2) is 23.2 Å². The zero-order chi connectivity index (χ0) is 14.0. The number of aliphatic hydroxyl groups is 1. The van der Waals surface area contributed by atoms with Crippen LogP contribution in [0.2, 0.25) is 0 Å². The van der Waals surface area contributed by atoms with E-state index in [9.17, 15) is 5.11 Å². The van der Waals surface area contributed by atoms with E-state index in [-0.39, 0.29) is 0 Å². The molecule has 1 N–H and O–H groups in total. The van der Waals surface area contributed by atoms with Crippen molar-refractivity contribution in [3.8, 4) is 0 Å². The minimum atomic E-state index is -0.430. The number of rotatable bonds is 3. The van der Waals surface area contributed by atoms with Gasteiger partial charge < -0.3 is 10.0 Å². The van der Waals surface area contributed by atoms with Crippen LogP contribution in [0.25, 0.3) is 0 Å². The van der Waals surface area contributed by atoms with E-state index in [0.717, 1.165) is 11.4 Å². The van der Waals surface area contributed by atoms with Gasteiger partial charge >= 0.3 is 0 Å². The molecule has 1 aliphatic carbocycles. The van der Waals surface area contributed by atoms with E-state index in [1.54, 1.807) is 13.1 Å². The minimum absolute atomic E-state index is 0.430. The third kappa shape index (κ3) is 3.47. The smallest absolute Gasteiger partial charge is 0.128 e. The average Bonchev–Trinajstić information content (AvgIpc) is 2.38. The van der Waals surface area contributed by atoms with Gasteiger partial charge in [-0.2, -0.15) is 0 Å². The van der Waals surface area contributed by atoms with Crippen molar-refractivity contribution in [2.75, 3.05) is 11.9 Å². The molecular formula is C16H26N2O. The number of nitrogens with zero attached hydrogens (tertiary/aromatic N) is 2. The quantitative estimate of drug-likeness (QED) is 0.905. The Labute approximate surface area is 116 Å². The molecule has 0 aliphatic heterocycles. The van der Waals surface area contributed by atoms with Gasteiger partial charge in [0.15, 0.2) is 0 Å². The molecule has 0 spiro atoms. The molecule has 1 aromatic rings. The normalized spacial score (nSPS) is 21.1. The molecule has 2 rings (SSSR count). The highest BCUT2D eigenvalue weighted by atomic mass is 16.3. The largest absolute Gasteiger partial charge is 0.389 e. The Kier molecular flexibility index (Phi) is 4.14. The lowest BCUT2D eigenvalue weighted by Gasteiger charge is -2.39. The van der Waals surface area contributed by atoms with Crippen LogP contribution in [0.4, 0.5) is 5.82 Å². The maximum atomic E-state index is 9.66. The topological polar surface area (TPSA) is 36.4 Å². The molecule has 106 valence electrons. The highest BCUT2D eigenvalue weighted by molar-refractivity contribution is 5.41. The van der Waals surface area contributed by atoms with E-state index in [0.29, 0.717) is 11.5 Å². The van der Waals surface area contributed by atoms with Crippen molar-refractivity contribution < 1.29 is 5.11 Å². The molecule has 0 radical (unpaired) electrons. The molecule has 0 unspecified atom stereocenters. The van der Waals surface area contributed by atoms with Crippen molar-refractivity contribution in [1.82, 2.24) is 4.98 Å². The van der Waals surface area contributed by atoms with E-state index in [1.807, 2.05) is 12.1 Å². The minimum Gasteiger partial charge on any atom is -0.389 e. The van der Waals surface area contributed by atoms with Gasteiger partial charge in [0.05, 0.1) is 6.10 Å². The van der Waals surface area contributed by atoms with Crippen molar-refractivity contribution in [3.05, 3.63) is 23.9 Å². The Morgan fingerprint density at radius 3 is 2.58 bits per heavy atom. The molecule has 0 bridgehead atoms. The Morgan fingerprint density at radius 1 is 1.37 bits per heavy atom. The summed E-state index contributed by atoms with van der Waals surface area (Å²) in [7, 11) is 2.12. The van der Waals surface area contributed by atoms with E-state index < -0.39 is 6.10 Å². The molecule has 0 saturated heterocycles. The van der Waals surface area contributed by atoms with Crippen molar-refractivity contribution in [1.29, 1.82) is 0 Å². The van der Waals surface area contributed by atoms with Crippen molar-refractivity contribution in [3.63, 3.8) is 0 Å². The number of hydrogen-bond acceptors (Lipinski definition) is 3. The van der Waals surface area contributed by atoms with Crippen LogP contribution in [0.5, 0.6) is 0 Å². The number of aliphatic hydroxyl groups excluding tert-OH is 1. The highest BCUT2D eigenvalue weighted by Crippen LogP contribution is 2.37. The fourth-order valence-corrected chi connectivity index (χ4v) is 2.85. The summed E-state index contributed by atoms with van der Waals surface area (Å²) in [5.41, 5.74) is 1.43. The van der Waals surface area contributed by atoms with Crippen molar-refractivity contribution >= 4 is 5.82 Å². The number of hydrogen-bond donors (Lipinski definition) is 1. The average molecular weight is 262 g/mol. The van der Waals surface area contributed by atoms with Gasteiger partial charge in [-0.15, -0.1) is 0 Å². The Bertz CT molecular complexity index is 419. The summed E-state index contributed by atoms with van der Waals surface area (Å²) in [5.74, 6) is 0.975. The van der Waals surface area contributed by atoms with Gasteiger partial charge in [-0.25, -0.2) is 4.98 Å². The molecule has 0 amide bonds. The van der Waals surface area contributed by atoms with Crippen LogP contribution in [0.3, 0.4) is 0 Å². The zero-order valence-corrected chi connectivity index (χ0v) is 12.6. The van der Waals surface area contributed by atoms with E-state index in [1.165, 1.54) is 25.7 Å². The number of pyridine rings is 1. The Morgan fingerprint density at radius 2 is 2.00 bits per heavy atom. The van der Waals surface area contributed by atoms with Gasteiger partial charge in [0, 0.05) is 19.3 Å². The first-order valence-electron chi connectivity index (χ1n) is 7.26. The van der Waals surface area contributed by atoms with Gasteiger partial charge in [-0.1, -0.05) is 13.8 Å². The highest BCUT2D eigenvalue weighted by Gasteiger charge is 2.29. The molecule has 0 aromatic carbocycles. The molecule has 19 heavy (non-hydrogen) atoms. The van der Waals surface area contributed by atoms with Crippen LogP contribution in [0, 0.1) is 5.41 Å². The molecule has 1 aromatic heterocycles. The van der Waals surface area contributed by atoms with Crippen LogP contribution in [0.1, 0.15) is 58.1 Å². The van der Waals surface area contributed by atoms with Crippen LogP contribution >= 0.6 is 0 Å². The van der Waals surface area contributed by atoms with E-state index in [2.05, 4.69) is 30.8 Å². The van der Waals surface area contributed by atoms with Crippen LogP contribution < -0.4 is 4.90 Å². The van der Waals surface area contributed by atoms with Crippen LogP contribution in [-0.2, 0) is 0 Å². The molecule has 3 heteroatoms. The third-order valence-electron chi connectivity index (χ3n) is 4.47. The lowest BCUT2D eigenvalue weighted by molar-refractivity contribution is 0.199. The second-order valence-corrected chi connectivity index (χ2v) is 6.63. The summed E-state index contributed by atoms with van der Waals surface area (Å²) in [5, 5.41) is 9.66. The fraction of sp³-hybridized carbons (Fsp3) is 0.688. The molecule has 1 heterocycles. The predicted octanol–water partition coefficient (Wildman–Crippen LogP) is 3.54. The Balaban J connectivity index is 2.07. The third-order valence-corrected chi connectivity index (χ3v) is 4.47. The fourth-order valence-electron chi connectivity index (χ4n) is 2.85. The summed E-state index contributed by atoms with van der Waals surface area (Å²) in [6.45, 7) is 6.51. The molecule has 1 aliphatic rings. The van der Waals surface area contributed by atoms with Crippen LogP contribution in [0.15, 0.2) is 18.3 Å². The second-order valence-electron chi connectivity index (χ2n) is 6.63. The summed E-state index contributed by atoms with van der Waals surface area (Å²) in [6.07, 6.45) is 6.37. The summed E-state index contributed by atoms with van der Waals surface area (Å²) < 4.78 is 0. The van der Waals surface area contributed by atoms with Crippen molar-refractivity contribution in [2.45, 2.75) is 58.6 Å². The molecular weight excluding hydrogens is 236 g/mol. The first-order chi connectivity index (χ1) is 8.89. The number of anilines is 1. The van der Waals surface area contributed by atoms with E-state index >= 15 is 0 Å². The second kappa shape index (κ2) is 5.49. The molecule has 3 nitrogen and oxygen atoms in total. The zero-order valence-electron chi connectivity index (χ0n) is 12.6. The lowest BCUT2D eigenvalue weighted by atomic mass is 9.75. The van der Waals surface area contributed by atoms with Gasteiger partial charge in [0.2, 0.25) is 0 Å². The van der Waals surface area contributed by atoms with Gasteiger partial charge in [-0.05, 0) is 55.7 Å². The summed E-state index contributed by atoms with van der Waals surface area (Å²) in [6, 6.07) is 4.46. The lowest BCUT2D eigenvalue weighted by Crippen LogP contribution is -2.37. The van der Waals surface area contributed by atoms with E-state index in [4.69, 9.17) is 0 Å². The molecule has 1 atom stereocenters. The first-order valence-corrected chi connectivity index (χ1v) is 7.26. The van der Waals surface area contributed by atoms with Gasteiger partial charge in [-0.3, -0.25) is 0 Å². The monoisotopic (exact) mass is 262 g/mol. The van der Waals surface area contributed by atoms with Gasteiger partial charge in [0.25, 0.3) is 0 Å². The summed E-state index contributed by atoms with van der Waals surface area (Å²) in [4.78, 5) is 6.73. The van der Waals surface area contributed by atoms with Crippen molar-refractivity contribution in [2.24, 2.45) is 5.41 Å².